The van der Waals surface area contributed by atoms with E-state index in [-0.39, 0.29) is 5.91 Å². The summed E-state index contributed by atoms with van der Waals surface area (Å²) >= 11 is 0. The van der Waals surface area contributed by atoms with Crippen molar-refractivity contribution in [2.45, 2.75) is 40.2 Å². The first-order valence-corrected chi connectivity index (χ1v) is 11.5. The second-order valence-corrected chi connectivity index (χ2v) is 8.49. The molecule has 0 bridgehead atoms. The van der Waals surface area contributed by atoms with E-state index >= 15 is 0 Å². The lowest BCUT2D eigenvalue weighted by Gasteiger charge is -2.12. The van der Waals surface area contributed by atoms with Crippen LogP contribution < -0.4 is 10.1 Å². The number of nitrogens with zero attached hydrogens (tertiary/aromatic N) is 2. The Morgan fingerprint density at radius 1 is 0.970 bits per heavy atom. The maximum atomic E-state index is 12.5. The van der Waals surface area contributed by atoms with Gasteiger partial charge >= 0.3 is 0 Å². The Hall–Kier alpha value is -3.60. The van der Waals surface area contributed by atoms with Gasteiger partial charge in [0, 0.05) is 25.1 Å². The number of hydrogen-bond donors (Lipinski definition) is 1. The van der Waals surface area contributed by atoms with Gasteiger partial charge in [-0.2, -0.15) is 0 Å². The van der Waals surface area contributed by atoms with E-state index in [4.69, 9.17) is 9.72 Å². The first-order chi connectivity index (χ1) is 16.0. The second-order valence-electron chi connectivity index (χ2n) is 8.49. The fraction of sp³-hybridized carbons (Fsp3) is 0.286. The molecule has 1 N–H and O–H groups in total. The summed E-state index contributed by atoms with van der Waals surface area (Å²) in [6.07, 6.45) is 1.54. The topological polar surface area (TPSA) is 56.2 Å². The predicted molar refractivity (Wildman–Crippen MR) is 133 cm³/mol. The minimum atomic E-state index is -0.0526. The molecule has 0 unspecified atom stereocenters. The van der Waals surface area contributed by atoms with Gasteiger partial charge in [-0.25, -0.2) is 4.98 Å². The molecule has 0 radical (unpaired) electrons. The number of carbonyl (C=O) groups excluding carboxylic acids is 1. The highest BCUT2D eigenvalue weighted by Gasteiger charge is 2.12. The molecule has 1 amide bonds. The number of aryl methyl sites for hydroxylation is 4. The van der Waals surface area contributed by atoms with Crippen LogP contribution in [-0.2, 0) is 13.0 Å². The Morgan fingerprint density at radius 3 is 2.64 bits per heavy atom. The number of imidazole rings is 1. The number of nitrogens with one attached hydrogen (secondary N) is 1. The standard InChI is InChI=1S/C28H31N3O2/c1-20-8-6-9-23(18-20)28(32)29-15-14-27-30-25-10-4-5-11-26(25)31(27)16-7-17-33-24-13-12-21(2)22(3)19-24/h4-6,8-13,18-19H,7,14-17H2,1-3H3,(H,29,32). The first-order valence-electron chi connectivity index (χ1n) is 11.5. The number of benzene rings is 3. The molecule has 0 saturated heterocycles. The minimum Gasteiger partial charge on any atom is -0.494 e. The van der Waals surface area contributed by atoms with E-state index in [1.54, 1.807) is 0 Å². The van der Waals surface area contributed by atoms with Crippen molar-refractivity contribution >= 4 is 16.9 Å². The summed E-state index contributed by atoms with van der Waals surface area (Å²) in [6.45, 7) is 8.18. The maximum Gasteiger partial charge on any atom is 0.251 e. The van der Waals surface area contributed by atoms with E-state index < -0.39 is 0 Å². The first kappa shape index (κ1) is 22.6. The van der Waals surface area contributed by atoms with Crippen LogP contribution >= 0.6 is 0 Å². The Labute approximate surface area is 195 Å². The van der Waals surface area contributed by atoms with Crippen molar-refractivity contribution in [3.05, 3.63) is 94.8 Å². The van der Waals surface area contributed by atoms with Crippen molar-refractivity contribution < 1.29 is 9.53 Å². The van der Waals surface area contributed by atoms with E-state index in [2.05, 4.69) is 41.9 Å². The van der Waals surface area contributed by atoms with E-state index in [0.29, 0.717) is 25.1 Å². The van der Waals surface area contributed by atoms with Crippen LogP contribution in [0.1, 0.15) is 39.3 Å². The molecule has 5 nitrogen and oxygen atoms in total. The van der Waals surface area contributed by atoms with E-state index in [1.807, 2.05) is 55.5 Å². The third-order valence-electron chi connectivity index (χ3n) is 5.92. The molecule has 170 valence electrons. The van der Waals surface area contributed by atoms with Crippen molar-refractivity contribution in [3.8, 4) is 5.75 Å². The SMILES string of the molecule is Cc1cccc(C(=O)NCCc2nc3ccccc3n2CCCOc2ccc(C)c(C)c2)c1. The number of aromatic nitrogens is 2. The van der Waals surface area contributed by atoms with Gasteiger partial charge < -0.3 is 14.6 Å². The fourth-order valence-corrected chi connectivity index (χ4v) is 3.96. The van der Waals surface area contributed by atoms with Crippen LogP contribution in [0.5, 0.6) is 5.75 Å². The van der Waals surface area contributed by atoms with Crippen LogP contribution in [0.4, 0.5) is 0 Å². The summed E-state index contributed by atoms with van der Waals surface area (Å²) in [5, 5.41) is 3.03. The Bertz CT molecular complexity index is 1260. The molecule has 0 aliphatic rings. The maximum absolute atomic E-state index is 12.5. The molecule has 0 aliphatic heterocycles. The van der Waals surface area contributed by atoms with Gasteiger partial charge in [0.05, 0.1) is 17.6 Å². The number of fused-ring (bicyclic) bond motifs is 1. The number of carbonyl (C=O) groups is 1. The number of rotatable bonds is 9. The van der Waals surface area contributed by atoms with Gasteiger partial charge in [-0.15, -0.1) is 0 Å². The lowest BCUT2D eigenvalue weighted by molar-refractivity contribution is 0.0954. The smallest absolute Gasteiger partial charge is 0.251 e. The summed E-state index contributed by atoms with van der Waals surface area (Å²) in [4.78, 5) is 17.3. The van der Waals surface area contributed by atoms with Crippen LogP contribution in [0.2, 0.25) is 0 Å². The van der Waals surface area contributed by atoms with Crippen molar-refractivity contribution in [2.24, 2.45) is 0 Å². The monoisotopic (exact) mass is 441 g/mol. The lowest BCUT2D eigenvalue weighted by atomic mass is 10.1. The molecule has 5 heteroatoms. The van der Waals surface area contributed by atoms with E-state index in [9.17, 15) is 4.79 Å². The molecule has 3 aromatic carbocycles. The normalized spacial score (nSPS) is 11.0. The molecule has 0 spiro atoms. The summed E-state index contributed by atoms with van der Waals surface area (Å²) in [5.74, 6) is 1.84. The lowest BCUT2D eigenvalue weighted by Crippen LogP contribution is -2.26. The Balaban J connectivity index is 1.37. The highest BCUT2D eigenvalue weighted by atomic mass is 16.5. The molecule has 4 aromatic rings. The van der Waals surface area contributed by atoms with Gasteiger partial charge in [0.15, 0.2) is 0 Å². The molecule has 0 aliphatic carbocycles. The van der Waals surface area contributed by atoms with Gasteiger partial charge in [0.1, 0.15) is 11.6 Å². The number of ether oxygens (including phenoxy) is 1. The van der Waals surface area contributed by atoms with Crippen molar-refractivity contribution in [1.82, 2.24) is 14.9 Å². The molecule has 33 heavy (non-hydrogen) atoms. The van der Waals surface area contributed by atoms with Gasteiger partial charge in [0.2, 0.25) is 0 Å². The molecule has 1 heterocycles. The van der Waals surface area contributed by atoms with Crippen LogP contribution in [0, 0.1) is 20.8 Å². The van der Waals surface area contributed by atoms with Crippen LogP contribution in [0.15, 0.2) is 66.7 Å². The zero-order valence-electron chi connectivity index (χ0n) is 19.6. The molecule has 4 rings (SSSR count). The summed E-state index contributed by atoms with van der Waals surface area (Å²) in [5.41, 5.74) is 6.37. The number of hydrogen-bond acceptors (Lipinski definition) is 3. The third-order valence-corrected chi connectivity index (χ3v) is 5.92. The molecular weight excluding hydrogens is 410 g/mol. The van der Waals surface area contributed by atoms with Gasteiger partial charge in [-0.1, -0.05) is 35.9 Å². The molecule has 0 fully saturated rings. The zero-order valence-corrected chi connectivity index (χ0v) is 19.6. The highest BCUT2D eigenvalue weighted by Crippen LogP contribution is 2.19. The summed E-state index contributed by atoms with van der Waals surface area (Å²) in [6, 6.07) is 22.0. The summed E-state index contributed by atoms with van der Waals surface area (Å²) < 4.78 is 8.22. The van der Waals surface area contributed by atoms with Crippen molar-refractivity contribution in [2.75, 3.05) is 13.2 Å². The molecule has 0 atom stereocenters. The Kier molecular flexibility index (Phi) is 7.08. The van der Waals surface area contributed by atoms with Gasteiger partial charge in [0.25, 0.3) is 5.91 Å². The predicted octanol–water partition coefficient (Wildman–Crippen LogP) is 5.40. The minimum absolute atomic E-state index is 0.0526. The van der Waals surface area contributed by atoms with E-state index in [0.717, 1.165) is 41.1 Å². The van der Waals surface area contributed by atoms with E-state index in [1.165, 1.54) is 11.1 Å². The largest absolute Gasteiger partial charge is 0.494 e. The molecule has 0 saturated carbocycles. The quantitative estimate of drug-likeness (QED) is 0.354. The average molecular weight is 442 g/mol. The van der Waals surface area contributed by atoms with Crippen LogP contribution in [-0.4, -0.2) is 28.6 Å². The fourth-order valence-electron chi connectivity index (χ4n) is 3.96. The van der Waals surface area contributed by atoms with Crippen molar-refractivity contribution in [3.63, 3.8) is 0 Å². The zero-order chi connectivity index (χ0) is 23.2. The van der Waals surface area contributed by atoms with Crippen molar-refractivity contribution in [1.29, 1.82) is 0 Å². The number of para-hydroxylation sites is 2. The Morgan fingerprint density at radius 2 is 1.82 bits per heavy atom. The van der Waals surface area contributed by atoms with Crippen LogP contribution in [0.3, 0.4) is 0 Å². The molecular formula is C28H31N3O2. The highest BCUT2D eigenvalue weighted by molar-refractivity contribution is 5.94. The van der Waals surface area contributed by atoms with Crippen LogP contribution in [0.25, 0.3) is 11.0 Å². The number of amides is 1. The molecule has 1 aromatic heterocycles. The second kappa shape index (κ2) is 10.3. The summed E-state index contributed by atoms with van der Waals surface area (Å²) in [7, 11) is 0. The third kappa shape index (κ3) is 5.61. The van der Waals surface area contributed by atoms with Gasteiger partial charge in [-0.05, 0) is 74.7 Å². The average Bonchev–Trinajstić information content (AvgIpc) is 3.16. The van der Waals surface area contributed by atoms with Gasteiger partial charge in [-0.3, -0.25) is 4.79 Å².